The van der Waals surface area contributed by atoms with Crippen LogP contribution < -0.4 is 4.74 Å². The highest BCUT2D eigenvalue weighted by molar-refractivity contribution is 5.86. The zero-order valence-electron chi connectivity index (χ0n) is 10.3. The lowest BCUT2D eigenvalue weighted by molar-refractivity contribution is 0.0592. The second-order valence-electron chi connectivity index (χ2n) is 3.77. The summed E-state index contributed by atoms with van der Waals surface area (Å²) in [7, 11) is 1.32. The van der Waals surface area contributed by atoms with E-state index in [4.69, 9.17) is 4.74 Å². The third kappa shape index (κ3) is 2.68. The number of benzene rings is 1. The Balaban J connectivity index is 2.01. The van der Waals surface area contributed by atoms with E-state index in [2.05, 4.69) is 9.84 Å². The molecular formula is C13H14N2O3. The Labute approximate surface area is 105 Å². The standard InChI is InChI=1S/C13H14N2O3/c1-10-5-3-4-6-12(10)18-9-15-8-7-11(14-15)13(16)17-2/h3-8H,9H2,1-2H3. The van der Waals surface area contributed by atoms with E-state index < -0.39 is 5.97 Å². The summed E-state index contributed by atoms with van der Waals surface area (Å²) in [6, 6.07) is 9.31. The van der Waals surface area contributed by atoms with Crippen molar-refractivity contribution in [2.75, 3.05) is 7.11 Å². The van der Waals surface area contributed by atoms with Crippen molar-refractivity contribution in [2.45, 2.75) is 13.7 Å². The van der Waals surface area contributed by atoms with Gasteiger partial charge in [-0.15, -0.1) is 0 Å². The summed E-state index contributed by atoms with van der Waals surface area (Å²) in [5, 5.41) is 4.04. The number of aromatic nitrogens is 2. The maximum absolute atomic E-state index is 11.2. The van der Waals surface area contributed by atoms with Gasteiger partial charge in [-0.1, -0.05) is 18.2 Å². The van der Waals surface area contributed by atoms with Crippen molar-refractivity contribution in [3.63, 3.8) is 0 Å². The Morgan fingerprint density at radius 3 is 2.83 bits per heavy atom. The van der Waals surface area contributed by atoms with Gasteiger partial charge in [-0.25, -0.2) is 9.48 Å². The third-order valence-electron chi connectivity index (χ3n) is 2.48. The van der Waals surface area contributed by atoms with Crippen molar-refractivity contribution < 1.29 is 14.3 Å². The van der Waals surface area contributed by atoms with Crippen molar-refractivity contribution in [1.82, 2.24) is 9.78 Å². The minimum atomic E-state index is -0.454. The molecule has 0 saturated carbocycles. The number of hydrogen-bond donors (Lipinski definition) is 0. The normalized spacial score (nSPS) is 10.1. The Morgan fingerprint density at radius 1 is 1.33 bits per heavy atom. The van der Waals surface area contributed by atoms with Gasteiger partial charge in [-0.3, -0.25) is 0 Å². The maximum atomic E-state index is 11.2. The predicted molar refractivity (Wildman–Crippen MR) is 65.4 cm³/mol. The monoisotopic (exact) mass is 246 g/mol. The van der Waals surface area contributed by atoms with Gasteiger partial charge in [-0.05, 0) is 24.6 Å². The number of methoxy groups -OCH3 is 1. The number of ether oxygens (including phenoxy) is 2. The smallest absolute Gasteiger partial charge is 0.358 e. The van der Waals surface area contributed by atoms with Gasteiger partial charge in [0.1, 0.15) is 5.75 Å². The minimum Gasteiger partial charge on any atom is -0.471 e. The second-order valence-corrected chi connectivity index (χ2v) is 3.77. The van der Waals surface area contributed by atoms with E-state index in [1.54, 1.807) is 16.9 Å². The number of rotatable bonds is 4. The SMILES string of the molecule is COC(=O)c1ccn(COc2ccccc2C)n1. The van der Waals surface area contributed by atoms with E-state index in [0.29, 0.717) is 0 Å². The number of carbonyl (C=O) groups excluding carboxylic acids is 1. The first-order valence-corrected chi connectivity index (χ1v) is 5.51. The van der Waals surface area contributed by atoms with Crippen molar-refractivity contribution in [3.05, 3.63) is 47.8 Å². The molecule has 0 spiro atoms. The topological polar surface area (TPSA) is 53.4 Å². The average molecular weight is 246 g/mol. The molecule has 0 aliphatic carbocycles. The molecule has 94 valence electrons. The lowest BCUT2D eigenvalue weighted by Crippen LogP contribution is -2.09. The number of hydrogen-bond acceptors (Lipinski definition) is 4. The van der Waals surface area contributed by atoms with E-state index >= 15 is 0 Å². The van der Waals surface area contributed by atoms with Crippen LogP contribution in [0.15, 0.2) is 36.5 Å². The zero-order valence-corrected chi connectivity index (χ0v) is 10.3. The largest absolute Gasteiger partial charge is 0.471 e. The van der Waals surface area contributed by atoms with Gasteiger partial charge in [0.15, 0.2) is 12.4 Å². The molecule has 2 rings (SSSR count). The lowest BCUT2D eigenvalue weighted by Gasteiger charge is -2.08. The van der Waals surface area contributed by atoms with E-state index in [1.165, 1.54) is 7.11 Å². The fraction of sp³-hybridized carbons (Fsp3) is 0.231. The van der Waals surface area contributed by atoms with Crippen LogP contribution in [0.2, 0.25) is 0 Å². The Bertz CT molecular complexity index is 549. The van der Waals surface area contributed by atoms with Crippen LogP contribution in [0.4, 0.5) is 0 Å². The molecular weight excluding hydrogens is 232 g/mol. The van der Waals surface area contributed by atoms with E-state index in [0.717, 1.165) is 11.3 Å². The van der Waals surface area contributed by atoms with Gasteiger partial charge in [-0.2, -0.15) is 5.10 Å². The highest BCUT2D eigenvalue weighted by atomic mass is 16.5. The van der Waals surface area contributed by atoms with Gasteiger partial charge in [0.2, 0.25) is 0 Å². The van der Waals surface area contributed by atoms with Crippen LogP contribution in [0.1, 0.15) is 16.1 Å². The molecule has 1 aromatic heterocycles. The van der Waals surface area contributed by atoms with E-state index in [9.17, 15) is 4.79 Å². The molecule has 5 heteroatoms. The van der Waals surface area contributed by atoms with Gasteiger partial charge in [0.25, 0.3) is 0 Å². The first-order chi connectivity index (χ1) is 8.70. The first-order valence-electron chi connectivity index (χ1n) is 5.51. The summed E-state index contributed by atoms with van der Waals surface area (Å²) in [4.78, 5) is 11.2. The molecule has 0 unspecified atom stereocenters. The van der Waals surface area contributed by atoms with Crippen molar-refractivity contribution in [3.8, 4) is 5.75 Å². The summed E-state index contributed by atoms with van der Waals surface area (Å²) in [6.07, 6.45) is 1.67. The highest BCUT2D eigenvalue weighted by Crippen LogP contribution is 2.16. The van der Waals surface area contributed by atoms with Gasteiger partial charge in [0.05, 0.1) is 7.11 Å². The summed E-state index contributed by atoms with van der Waals surface area (Å²) in [5.41, 5.74) is 1.32. The number of para-hydroxylation sites is 1. The Hall–Kier alpha value is -2.30. The molecule has 18 heavy (non-hydrogen) atoms. The van der Waals surface area contributed by atoms with E-state index in [1.807, 2.05) is 31.2 Å². The average Bonchev–Trinajstić information content (AvgIpc) is 2.86. The maximum Gasteiger partial charge on any atom is 0.358 e. The molecule has 5 nitrogen and oxygen atoms in total. The first kappa shape index (κ1) is 12.2. The third-order valence-corrected chi connectivity index (χ3v) is 2.48. The number of aryl methyl sites for hydroxylation is 1. The molecule has 0 amide bonds. The molecule has 2 aromatic rings. The van der Waals surface area contributed by atoms with Crippen molar-refractivity contribution in [2.24, 2.45) is 0 Å². The summed E-state index contributed by atoms with van der Waals surface area (Å²) in [6.45, 7) is 2.22. The van der Waals surface area contributed by atoms with E-state index in [-0.39, 0.29) is 12.4 Å². The summed E-state index contributed by atoms with van der Waals surface area (Å²) in [5.74, 6) is 0.345. The molecule has 0 radical (unpaired) electrons. The fourth-order valence-corrected chi connectivity index (χ4v) is 1.50. The molecule has 0 aliphatic heterocycles. The Kier molecular flexibility index (Phi) is 3.62. The van der Waals surface area contributed by atoms with Crippen LogP contribution in [0.3, 0.4) is 0 Å². The molecule has 0 fully saturated rings. The van der Waals surface area contributed by atoms with Crippen molar-refractivity contribution in [1.29, 1.82) is 0 Å². The number of nitrogens with zero attached hydrogens (tertiary/aromatic N) is 2. The van der Waals surface area contributed by atoms with Crippen molar-refractivity contribution >= 4 is 5.97 Å². The van der Waals surface area contributed by atoms with Crippen LogP contribution in [-0.2, 0) is 11.5 Å². The van der Waals surface area contributed by atoms with Crippen LogP contribution in [0.25, 0.3) is 0 Å². The molecule has 1 aromatic carbocycles. The quantitative estimate of drug-likeness (QED) is 0.774. The second kappa shape index (κ2) is 5.35. The molecule has 0 aliphatic rings. The van der Waals surface area contributed by atoms with Gasteiger partial charge < -0.3 is 9.47 Å². The van der Waals surface area contributed by atoms with Crippen LogP contribution in [0.5, 0.6) is 5.75 Å². The molecule has 0 bridgehead atoms. The Morgan fingerprint density at radius 2 is 2.11 bits per heavy atom. The highest BCUT2D eigenvalue weighted by Gasteiger charge is 2.09. The summed E-state index contributed by atoms with van der Waals surface area (Å²) < 4.78 is 11.7. The van der Waals surface area contributed by atoms with Crippen LogP contribution in [-0.4, -0.2) is 22.9 Å². The fourth-order valence-electron chi connectivity index (χ4n) is 1.50. The predicted octanol–water partition coefficient (Wildman–Crippen LogP) is 2.01. The van der Waals surface area contributed by atoms with Crippen LogP contribution in [0, 0.1) is 6.92 Å². The zero-order chi connectivity index (χ0) is 13.0. The van der Waals surface area contributed by atoms with Gasteiger partial charge in [0, 0.05) is 6.20 Å². The number of esters is 1. The molecule has 0 N–H and O–H groups in total. The molecule has 0 atom stereocenters. The van der Waals surface area contributed by atoms with Gasteiger partial charge >= 0.3 is 5.97 Å². The summed E-state index contributed by atoms with van der Waals surface area (Å²) >= 11 is 0. The lowest BCUT2D eigenvalue weighted by atomic mass is 10.2. The van der Waals surface area contributed by atoms with Crippen LogP contribution >= 0.6 is 0 Å². The molecule has 1 heterocycles. The minimum absolute atomic E-state index is 0.252. The number of carbonyl (C=O) groups is 1. The molecule has 0 saturated heterocycles.